The molecule has 68 valence electrons. The summed E-state index contributed by atoms with van der Waals surface area (Å²) in [6.07, 6.45) is 0.868. The average molecular weight is 182 g/mol. The Labute approximate surface area is 82.0 Å². The summed E-state index contributed by atoms with van der Waals surface area (Å²) in [5, 5.41) is 6.44. The van der Waals surface area contributed by atoms with Crippen LogP contribution in [-0.2, 0) is 6.42 Å². The Hall–Kier alpha value is -1.83. The first-order valence-electron chi connectivity index (χ1n) is 4.68. The molecular weight excluding hydrogens is 172 g/mol. The van der Waals surface area contributed by atoms with Crippen LogP contribution in [0.5, 0.6) is 0 Å². The summed E-state index contributed by atoms with van der Waals surface area (Å²) in [6, 6.07) is 12.6. The molecule has 0 bridgehead atoms. The predicted molar refractivity (Wildman–Crippen MR) is 58.4 cm³/mol. The van der Waals surface area contributed by atoms with Gasteiger partial charge < -0.3 is 5.84 Å². The highest BCUT2D eigenvalue weighted by Crippen LogP contribution is 2.30. The van der Waals surface area contributed by atoms with Gasteiger partial charge in [-0.15, -0.1) is 0 Å². The van der Waals surface area contributed by atoms with E-state index in [0.29, 0.717) is 0 Å². The Kier molecular flexibility index (Phi) is 1.39. The molecule has 0 unspecified atom stereocenters. The van der Waals surface area contributed by atoms with E-state index in [4.69, 9.17) is 5.84 Å². The maximum atomic E-state index is 5.38. The van der Waals surface area contributed by atoms with Crippen LogP contribution >= 0.6 is 0 Å². The van der Waals surface area contributed by atoms with Crippen LogP contribution in [-0.4, -0.2) is 5.71 Å². The molecule has 2 aromatic carbocycles. The van der Waals surface area contributed by atoms with Crippen LogP contribution in [0.4, 0.5) is 0 Å². The third-order valence-electron chi connectivity index (χ3n) is 2.82. The molecule has 0 heterocycles. The van der Waals surface area contributed by atoms with Crippen molar-refractivity contribution in [2.75, 3.05) is 0 Å². The second-order valence-electron chi connectivity index (χ2n) is 3.57. The molecule has 0 saturated heterocycles. The van der Waals surface area contributed by atoms with Crippen LogP contribution in [0, 0.1) is 0 Å². The molecular formula is C12H10N2. The molecule has 0 aromatic heterocycles. The molecule has 0 amide bonds. The zero-order chi connectivity index (χ0) is 9.54. The van der Waals surface area contributed by atoms with Gasteiger partial charge in [0.1, 0.15) is 0 Å². The molecule has 1 aliphatic rings. The number of benzene rings is 2. The van der Waals surface area contributed by atoms with Crippen molar-refractivity contribution in [1.82, 2.24) is 0 Å². The lowest BCUT2D eigenvalue weighted by Gasteiger charge is -1.99. The highest BCUT2D eigenvalue weighted by molar-refractivity contribution is 6.17. The SMILES string of the molecule is N/N=C1\Cc2cccc3cccc1c23. The predicted octanol–water partition coefficient (Wildman–Crippen LogP) is 2.06. The summed E-state index contributed by atoms with van der Waals surface area (Å²) < 4.78 is 0. The first kappa shape index (κ1) is 7.56. The minimum Gasteiger partial charge on any atom is -0.323 e. The van der Waals surface area contributed by atoms with Crippen molar-refractivity contribution in [2.45, 2.75) is 6.42 Å². The van der Waals surface area contributed by atoms with Crippen LogP contribution in [0.2, 0.25) is 0 Å². The second-order valence-corrected chi connectivity index (χ2v) is 3.57. The van der Waals surface area contributed by atoms with E-state index in [0.717, 1.165) is 12.1 Å². The Morgan fingerprint density at radius 1 is 1.07 bits per heavy atom. The maximum absolute atomic E-state index is 5.38. The number of hydrogen-bond acceptors (Lipinski definition) is 2. The zero-order valence-corrected chi connectivity index (χ0v) is 7.70. The first-order valence-corrected chi connectivity index (χ1v) is 4.68. The summed E-state index contributed by atoms with van der Waals surface area (Å²) in [7, 11) is 0. The molecule has 2 nitrogen and oxygen atoms in total. The van der Waals surface area contributed by atoms with Gasteiger partial charge in [-0.2, -0.15) is 5.10 Å². The molecule has 0 fully saturated rings. The van der Waals surface area contributed by atoms with Gasteiger partial charge in [0.2, 0.25) is 0 Å². The van der Waals surface area contributed by atoms with Crippen molar-refractivity contribution < 1.29 is 0 Å². The summed E-state index contributed by atoms with van der Waals surface area (Å²) in [4.78, 5) is 0. The quantitative estimate of drug-likeness (QED) is 0.491. The Balaban J connectivity index is 2.50. The van der Waals surface area contributed by atoms with Crippen molar-refractivity contribution in [3.8, 4) is 0 Å². The summed E-state index contributed by atoms with van der Waals surface area (Å²) in [5.41, 5.74) is 3.53. The van der Waals surface area contributed by atoms with E-state index in [2.05, 4.69) is 41.5 Å². The van der Waals surface area contributed by atoms with Crippen molar-refractivity contribution in [2.24, 2.45) is 10.9 Å². The van der Waals surface area contributed by atoms with Crippen molar-refractivity contribution in [3.63, 3.8) is 0 Å². The number of nitrogens with two attached hydrogens (primary N) is 1. The van der Waals surface area contributed by atoms with Crippen LogP contribution < -0.4 is 5.84 Å². The molecule has 2 aromatic rings. The van der Waals surface area contributed by atoms with Gasteiger partial charge in [0.05, 0.1) is 5.71 Å². The topological polar surface area (TPSA) is 38.4 Å². The second kappa shape index (κ2) is 2.58. The first-order chi connectivity index (χ1) is 6.90. The van der Waals surface area contributed by atoms with Gasteiger partial charge in [-0.05, 0) is 16.3 Å². The number of hydrazone groups is 1. The van der Waals surface area contributed by atoms with Gasteiger partial charge in [0.15, 0.2) is 0 Å². The average Bonchev–Trinajstić information content (AvgIpc) is 2.60. The molecule has 3 rings (SSSR count). The molecule has 14 heavy (non-hydrogen) atoms. The third kappa shape index (κ3) is 0.826. The van der Waals surface area contributed by atoms with E-state index in [9.17, 15) is 0 Å². The van der Waals surface area contributed by atoms with Crippen molar-refractivity contribution in [3.05, 3.63) is 47.5 Å². The molecule has 2 N–H and O–H groups in total. The fraction of sp³-hybridized carbons (Fsp3) is 0.0833. The summed E-state index contributed by atoms with van der Waals surface area (Å²) in [6.45, 7) is 0. The molecule has 2 heteroatoms. The standard InChI is InChI=1S/C12H10N2/c13-14-11-7-9-5-1-3-8-4-2-6-10(11)12(8)9/h1-6H,7,13H2/b14-11+. The van der Waals surface area contributed by atoms with E-state index in [-0.39, 0.29) is 0 Å². The van der Waals surface area contributed by atoms with Crippen LogP contribution in [0.25, 0.3) is 10.8 Å². The smallest absolute Gasteiger partial charge is 0.0723 e. The van der Waals surface area contributed by atoms with Gasteiger partial charge in [0, 0.05) is 12.0 Å². The minimum atomic E-state index is 0.868. The molecule has 0 saturated carbocycles. The van der Waals surface area contributed by atoms with E-state index in [1.54, 1.807) is 0 Å². The van der Waals surface area contributed by atoms with Gasteiger partial charge >= 0.3 is 0 Å². The fourth-order valence-corrected chi connectivity index (χ4v) is 2.20. The van der Waals surface area contributed by atoms with Crippen LogP contribution in [0.3, 0.4) is 0 Å². The van der Waals surface area contributed by atoms with E-state index >= 15 is 0 Å². The van der Waals surface area contributed by atoms with Gasteiger partial charge in [-0.25, -0.2) is 0 Å². The van der Waals surface area contributed by atoms with Crippen LogP contribution in [0.15, 0.2) is 41.5 Å². The molecule has 0 aliphatic heterocycles. The number of nitrogens with zero attached hydrogens (tertiary/aromatic N) is 1. The largest absolute Gasteiger partial charge is 0.323 e. The van der Waals surface area contributed by atoms with Gasteiger partial charge in [0.25, 0.3) is 0 Å². The number of hydrogen-bond donors (Lipinski definition) is 1. The lowest BCUT2D eigenvalue weighted by atomic mass is 10.1. The highest BCUT2D eigenvalue weighted by atomic mass is 15.1. The monoisotopic (exact) mass is 182 g/mol. The minimum absolute atomic E-state index is 0.868. The normalized spacial score (nSPS) is 16.7. The van der Waals surface area contributed by atoms with Gasteiger partial charge in [-0.1, -0.05) is 36.4 Å². The maximum Gasteiger partial charge on any atom is 0.0723 e. The summed E-state index contributed by atoms with van der Waals surface area (Å²) >= 11 is 0. The van der Waals surface area contributed by atoms with Gasteiger partial charge in [-0.3, -0.25) is 0 Å². The highest BCUT2D eigenvalue weighted by Gasteiger charge is 2.18. The van der Waals surface area contributed by atoms with E-state index < -0.39 is 0 Å². The van der Waals surface area contributed by atoms with Crippen LogP contribution in [0.1, 0.15) is 11.1 Å². The Morgan fingerprint density at radius 2 is 1.86 bits per heavy atom. The zero-order valence-electron chi connectivity index (χ0n) is 7.70. The number of rotatable bonds is 0. The molecule has 0 radical (unpaired) electrons. The van der Waals surface area contributed by atoms with Crippen molar-refractivity contribution >= 4 is 16.5 Å². The van der Waals surface area contributed by atoms with E-state index in [1.807, 2.05) is 0 Å². The molecule has 1 aliphatic carbocycles. The lowest BCUT2D eigenvalue weighted by Crippen LogP contribution is -2.01. The lowest BCUT2D eigenvalue weighted by molar-refractivity contribution is 1.21. The Bertz CT molecular complexity index is 536. The van der Waals surface area contributed by atoms with Crippen molar-refractivity contribution in [1.29, 1.82) is 0 Å². The van der Waals surface area contributed by atoms with E-state index in [1.165, 1.54) is 21.9 Å². The third-order valence-corrected chi connectivity index (χ3v) is 2.82. The molecule has 0 atom stereocenters. The fourth-order valence-electron chi connectivity index (χ4n) is 2.20. The Morgan fingerprint density at radius 3 is 2.64 bits per heavy atom. The summed E-state index contributed by atoms with van der Waals surface area (Å²) in [5.74, 6) is 5.38. The molecule has 0 spiro atoms.